The zero-order valence-corrected chi connectivity index (χ0v) is 10.6. The molecule has 1 atom stereocenters. The highest BCUT2D eigenvalue weighted by molar-refractivity contribution is 5.87. The first-order chi connectivity index (χ1) is 6.99. The summed E-state index contributed by atoms with van der Waals surface area (Å²) in [6, 6.07) is 0. The van der Waals surface area contributed by atoms with Crippen LogP contribution in [0.4, 0.5) is 0 Å². The van der Waals surface area contributed by atoms with Crippen LogP contribution in [-0.4, -0.2) is 12.6 Å². The van der Waals surface area contributed by atoms with Crippen molar-refractivity contribution >= 4 is 5.97 Å². The van der Waals surface area contributed by atoms with Crippen LogP contribution in [0.2, 0.25) is 0 Å². The van der Waals surface area contributed by atoms with E-state index in [1.807, 2.05) is 6.92 Å². The Hall–Kier alpha value is -0.790. The molecule has 0 N–H and O–H groups in total. The monoisotopic (exact) mass is 212 g/mol. The molecule has 0 aromatic rings. The van der Waals surface area contributed by atoms with Gasteiger partial charge in [-0.3, -0.25) is 0 Å². The number of ether oxygens (including phenoxy) is 1. The number of rotatable bonds is 7. The quantitative estimate of drug-likeness (QED) is 0.475. The summed E-state index contributed by atoms with van der Waals surface area (Å²) in [7, 11) is 0. The lowest BCUT2D eigenvalue weighted by molar-refractivity contribution is -0.142. The molecule has 0 aliphatic carbocycles. The van der Waals surface area contributed by atoms with Gasteiger partial charge in [-0.2, -0.15) is 0 Å². The molecular weight excluding hydrogens is 188 g/mol. The minimum Gasteiger partial charge on any atom is -0.462 e. The maximum atomic E-state index is 11.4. The lowest BCUT2D eigenvalue weighted by Gasteiger charge is -2.27. The van der Waals surface area contributed by atoms with E-state index >= 15 is 0 Å². The van der Waals surface area contributed by atoms with Crippen LogP contribution in [0.5, 0.6) is 0 Å². The van der Waals surface area contributed by atoms with Gasteiger partial charge in [0, 0.05) is 11.0 Å². The minimum atomic E-state index is -0.242. The fourth-order valence-electron chi connectivity index (χ4n) is 1.44. The Kier molecular flexibility index (Phi) is 6.30. The largest absolute Gasteiger partial charge is 0.462 e. The van der Waals surface area contributed by atoms with Crippen LogP contribution < -0.4 is 0 Å². The number of carbonyl (C=O) groups excluding carboxylic acids is 1. The fourth-order valence-corrected chi connectivity index (χ4v) is 1.44. The molecule has 15 heavy (non-hydrogen) atoms. The first kappa shape index (κ1) is 14.2. The van der Waals surface area contributed by atoms with Gasteiger partial charge in [-0.1, -0.05) is 40.7 Å². The summed E-state index contributed by atoms with van der Waals surface area (Å²) in [6.07, 6.45) is 3.91. The van der Waals surface area contributed by atoms with Gasteiger partial charge in [-0.25, -0.2) is 4.79 Å². The lowest BCUT2D eigenvalue weighted by atomic mass is 9.84. The Balaban J connectivity index is 4.11. The van der Waals surface area contributed by atoms with Gasteiger partial charge in [0.15, 0.2) is 0 Å². The Labute approximate surface area is 93.7 Å². The van der Waals surface area contributed by atoms with Crippen molar-refractivity contribution in [3.8, 4) is 0 Å². The van der Waals surface area contributed by atoms with Crippen molar-refractivity contribution in [2.24, 2.45) is 5.41 Å². The van der Waals surface area contributed by atoms with E-state index in [9.17, 15) is 4.79 Å². The Morgan fingerprint density at radius 1 is 1.33 bits per heavy atom. The van der Waals surface area contributed by atoms with Crippen LogP contribution in [-0.2, 0) is 9.53 Å². The summed E-state index contributed by atoms with van der Waals surface area (Å²) < 4.78 is 5.26. The number of carbonyl (C=O) groups is 1. The van der Waals surface area contributed by atoms with Crippen LogP contribution in [0.1, 0.15) is 53.4 Å². The predicted molar refractivity (Wildman–Crippen MR) is 63.7 cm³/mol. The minimum absolute atomic E-state index is 0.123. The molecule has 0 rings (SSSR count). The van der Waals surface area contributed by atoms with Gasteiger partial charge < -0.3 is 4.74 Å². The SMILES string of the molecule is C=C(CC)C(=O)OCC(C)(CC)CCC. The normalized spacial score (nSPS) is 14.4. The maximum absolute atomic E-state index is 11.4. The molecule has 0 amide bonds. The summed E-state index contributed by atoms with van der Waals surface area (Å²) in [5, 5.41) is 0. The van der Waals surface area contributed by atoms with E-state index in [1.54, 1.807) is 0 Å². The van der Waals surface area contributed by atoms with Crippen LogP contribution in [0, 0.1) is 5.41 Å². The highest BCUT2D eigenvalue weighted by atomic mass is 16.5. The second-order valence-electron chi connectivity index (χ2n) is 4.45. The molecule has 0 aromatic heterocycles. The summed E-state index contributed by atoms with van der Waals surface area (Å²) in [6.45, 7) is 12.5. The van der Waals surface area contributed by atoms with Gasteiger partial charge in [0.05, 0.1) is 6.61 Å². The van der Waals surface area contributed by atoms with Gasteiger partial charge in [0.1, 0.15) is 0 Å². The Bertz CT molecular complexity index is 221. The molecule has 0 saturated heterocycles. The Morgan fingerprint density at radius 3 is 2.33 bits per heavy atom. The molecule has 0 aliphatic heterocycles. The van der Waals surface area contributed by atoms with Crippen molar-refractivity contribution in [1.29, 1.82) is 0 Å². The average molecular weight is 212 g/mol. The molecule has 0 bridgehead atoms. The number of esters is 1. The average Bonchev–Trinajstić information content (AvgIpc) is 2.25. The molecule has 0 aliphatic rings. The highest BCUT2D eigenvalue weighted by Crippen LogP contribution is 2.27. The second kappa shape index (κ2) is 6.65. The van der Waals surface area contributed by atoms with E-state index in [0.29, 0.717) is 18.6 Å². The highest BCUT2D eigenvalue weighted by Gasteiger charge is 2.23. The van der Waals surface area contributed by atoms with E-state index in [2.05, 4.69) is 27.4 Å². The molecule has 0 fully saturated rings. The van der Waals surface area contributed by atoms with Gasteiger partial charge in [0.25, 0.3) is 0 Å². The molecule has 0 radical (unpaired) electrons. The van der Waals surface area contributed by atoms with Gasteiger partial charge in [-0.15, -0.1) is 0 Å². The summed E-state index contributed by atoms with van der Waals surface area (Å²) in [5.41, 5.74) is 0.684. The molecule has 2 heteroatoms. The first-order valence-electron chi connectivity index (χ1n) is 5.84. The molecule has 0 saturated carbocycles. The van der Waals surface area contributed by atoms with Crippen molar-refractivity contribution in [2.75, 3.05) is 6.61 Å². The number of hydrogen-bond donors (Lipinski definition) is 0. The van der Waals surface area contributed by atoms with Gasteiger partial charge in [-0.05, 0) is 19.3 Å². The molecule has 2 nitrogen and oxygen atoms in total. The van der Waals surface area contributed by atoms with E-state index in [1.165, 1.54) is 0 Å². The maximum Gasteiger partial charge on any atom is 0.333 e. The zero-order chi connectivity index (χ0) is 11.9. The Morgan fingerprint density at radius 2 is 1.93 bits per heavy atom. The van der Waals surface area contributed by atoms with E-state index < -0.39 is 0 Å². The lowest BCUT2D eigenvalue weighted by Crippen LogP contribution is -2.24. The topological polar surface area (TPSA) is 26.3 Å². The summed E-state index contributed by atoms with van der Waals surface area (Å²) >= 11 is 0. The fraction of sp³-hybridized carbons (Fsp3) is 0.769. The van der Waals surface area contributed by atoms with Crippen LogP contribution in [0.15, 0.2) is 12.2 Å². The van der Waals surface area contributed by atoms with Crippen LogP contribution in [0.25, 0.3) is 0 Å². The number of hydrogen-bond acceptors (Lipinski definition) is 2. The smallest absolute Gasteiger partial charge is 0.333 e. The predicted octanol–water partition coefficient (Wildman–Crippen LogP) is 3.71. The van der Waals surface area contributed by atoms with Gasteiger partial charge >= 0.3 is 5.97 Å². The standard InChI is InChI=1S/C13H24O2/c1-6-9-13(5,8-3)10-15-12(14)11(4)7-2/h4,6-10H2,1-3,5H3. The molecule has 1 unspecified atom stereocenters. The van der Waals surface area contributed by atoms with Gasteiger partial charge in [0.2, 0.25) is 0 Å². The third-order valence-electron chi connectivity index (χ3n) is 2.97. The van der Waals surface area contributed by atoms with Crippen LogP contribution in [0.3, 0.4) is 0 Å². The second-order valence-corrected chi connectivity index (χ2v) is 4.45. The zero-order valence-electron chi connectivity index (χ0n) is 10.6. The molecule has 0 spiro atoms. The van der Waals surface area contributed by atoms with Crippen molar-refractivity contribution in [3.05, 3.63) is 12.2 Å². The van der Waals surface area contributed by atoms with E-state index in [-0.39, 0.29) is 11.4 Å². The van der Waals surface area contributed by atoms with Crippen molar-refractivity contribution < 1.29 is 9.53 Å². The third kappa shape index (κ3) is 5.01. The van der Waals surface area contributed by atoms with Crippen molar-refractivity contribution in [1.82, 2.24) is 0 Å². The van der Waals surface area contributed by atoms with Crippen molar-refractivity contribution in [3.63, 3.8) is 0 Å². The van der Waals surface area contributed by atoms with Crippen molar-refractivity contribution in [2.45, 2.75) is 53.4 Å². The molecule has 0 aromatic carbocycles. The summed E-state index contributed by atoms with van der Waals surface area (Å²) in [5.74, 6) is -0.242. The third-order valence-corrected chi connectivity index (χ3v) is 2.97. The van der Waals surface area contributed by atoms with E-state index in [0.717, 1.165) is 19.3 Å². The molecule has 0 heterocycles. The van der Waals surface area contributed by atoms with Crippen LogP contribution >= 0.6 is 0 Å². The molecular formula is C13H24O2. The molecule has 88 valence electrons. The first-order valence-corrected chi connectivity index (χ1v) is 5.84. The van der Waals surface area contributed by atoms with E-state index in [4.69, 9.17) is 4.74 Å². The summed E-state index contributed by atoms with van der Waals surface area (Å²) in [4.78, 5) is 11.4.